The van der Waals surface area contributed by atoms with Gasteiger partial charge < -0.3 is 55.7 Å². The number of nitrogens with two attached hydrogens (primary N) is 1. The zero-order valence-corrected chi connectivity index (χ0v) is 64.8. The maximum absolute atomic E-state index is 14.5. The number of ether oxygens (including phenoxy) is 4. The molecule has 8 N–H and O–H groups in total. The van der Waals surface area contributed by atoms with E-state index in [1.54, 1.807) is 59.5 Å². The molecule has 572 valence electrons. The number of hydrogen-bond acceptors (Lipinski definition) is 20. The first kappa shape index (κ1) is 84.8. The number of nitrogens with zero attached hydrogens (tertiary/aromatic N) is 5. The van der Waals surface area contributed by atoms with Crippen LogP contribution in [0.1, 0.15) is 147 Å². The number of isocyanates is 1. The molecule has 10 rings (SSSR count). The van der Waals surface area contributed by atoms with Crippen LogP contribution in [0.2, 0.25) is 0 Å². The highest BCUT2D eigenvalue weighted by Gasteiger charge is 2.63. The molecule has 32 heteroatoms. The minimum Gasteiger partial charge on any atom is -0.497 e. The molecular weight excluding hydrogens is 1420 g/mol. The lowest BCUT2D eigenvalue weighted by molar-refractivity contribution is -0.142. The molecule has 4 aromatic rings. The maximum atomic E-state index is 14.5. The lowest BCUT2D eigenvalue weighted by atomic mass is 9.85. The monoisotopic (exact) mass is 1520 g/mol. The average molecular weight is 1530 g/mol. The van der Waals surface area contributed by atoms with Crippen molar-refractivity contribution in [2.24, 2.45) is 33.4 Å². The zero-order valence-electron chi connectivity index (χ0n) is 61.6. The van der Waals surface area contributed by atoms with E-state index < -0.39 is 148 Å². The predicted octanol–water partition coefficient (Wildman–Crippen LogP) is 7.15. The van der Waals surface area contributed by atoms with Gasteiger partial charge in [-0.05, 0) is 150 Å². The van der Waals surface area contributed by atoms with E-state index in [0.717, 1.165) is 29.0 Å². The lowest BCUT2D eigenvalue weighted by Gasteiger charge is -2.36. The Bertz CT molecular complexity index is 4170. The van der Waals surface area contributed by atoms with E-state index in [1.165, 1.54) is 28.0 Å². The fourth-order valence-corrected chi connectivity index (χ4v) is 15.5. The van der Waals surface area contributed by atoms with Crippen molar-refractivity contribution in [2.45, 2.75) is 216 Å². The Morgan fingerprint density at radius 1 is 0.635 bits per heavy atom. The van der Waals surface area contributed by atoms with Crippen molar-refractivity contribution in [3.05, 3.63) is 86.2 Å². The Morgan fingerprint density at radius 3 is 1.35 bits per heavy atom. The highest BCUT2D eigenvalue weighted by Crippen LogP contribution is 2.47. The van der Waals surface area contributed by atoms with Gasteiger partial charge in [0.05, 0.1) is 49.4 Å². The molecule has 0 spiro atoms. The molecule has 4 aliphatic carbocycles. The quantitative estimate of drug-likeness (QED) is 0.0247. The number of nitrogens with one attached hydrogen (secondary N) is 6. The van der Waals surface area contributed by atoms with Crippen LogP contribution < -0.4 is 55.4 Å². The molecule has 6 fully saturated rings. The summed E-state index contributed by atoms with van der Waals surface area (Å²) in [6.07, 6.45) is 10.3. The van der Waals surface area contributed by atoms with Crippen LogP contribution in [0.25, 0.3) is 21.5 Å². The summed E-state index contributed by atoms with van der Waals surface area (Å²) in [7, 11) is -4.64. The summed E-state index contributed by atoms with van der Waals surface area (Å²) in [5.41, 5.74) is 1.14. The molecule has 4 saturated carbocycles. The molecule has 6 aliphatic rings. The van der Waals surface area contributed by atoms with Crippen LogP contribution >= 0.6 is 24.8 Å². The van der Waals surface area contributed by atoms with Gasteiger partial charge in [0.15, 0.2) is 0 Å². The second-order valence-electron chi connectivity index (χ2n) is 31.3. The van der Waals surface area contributed by atoms with Gasteiger partial charge in [-0.15, -0.1) is 38.0 Å². The molecule has 28 nitrogen and oxygen atoms in total. The molecule has 0 unspecified atom stereocenters. The number of carbonyl (C=O) groups is 7. The summed E-state index contributed by atoms with van der Waals surface area (Å²) in [5, 5.41) is 13.0. The highest BCUT2D eigenvalue weighted by atomic mass is 35.5. The second-order valence-corrected chi connectivity index (χ2v) is 35.2. The number of rotatable bonds is 21. The Kier molecular flexibility index (Phi) is 27.0. The van der Waals surface area contributed by atoms with Crippen LogP contribution in [0, 0.1) is 22.7 Å². The third-order valence-corrected chi connectivity index (χ3v) is 22.8. The van der Waals surface area contributed by atoms with Crippen LogP contribution in [-0.4, -0.2) is 180 Å². The summed E-state index contributed by atoms with van der Waals surface area (Å²) < 4.78 is 78.9. The number of halogens is 2. The molecule has 0 bridgehead atoms. The molecule has 8 amide bonds. The number of sulfonamides is 2. The molecule has 2 aliphatic heterocycles. The Morgan fingerprint density at radius 2 is 1.04 bits per heavy atom. The van der Waals surface area contributed by atoms with Crippen LogP contribution in [-0.2, 0) is 53.6 Å². The van der Waals surface area contributed by atoms with Gasteiger partial charge in [-0.2, -0.15) is 0 Å². The minimum atomic E-state index is -3.93. The normalized spacial score (nSPS) is 23.5. The number of pyridine rings is 2. The maximum Gasteiger partial charge on any atom is 0.315 e. The molecule has 2 aromatic carbocycles. The first-order valence-electron chi connectivity index (χ1n) is 34.3. The number of fused-ring (bicyclic) bond motifs is 2. The van der Waals surface area contributed by atoms with Crippen molar-refractivity contribution in [3.8, 4) is 23.3 Å². The third-order valence-electron chi connectivity index (χ3n) is 19.1. The van der Waals surface area contributed by atoms with E-state index in [2.05, 4.69) is 58.8 Å². The Labute approximate surface area is 621 Å². The Balaban J connectivity index is 0.000000296. The zero-order chi connectivity index (χ0) is 75.5. The molecule has 2 saturated heterocycles. The lowest BCUT2D eigenvalue weighted by Crippen LogP contribution is -2.61. The number of benzene rings is 2. The number of methoxy groups -OCH3 is 2. The van der Waals surface area contributed by atoms with E-state index in [0.29, 0.717) is 54.3 Å². The summed E-state index contributed by atoms with van der Waals surface area (Å²) in [5.74, 6) is -2.83. The summed E-state index contributed by atoms with van der Waals surface area (Å²) >= 11 is 0. The van der Waals surface area contributed by atoms with Gasteiger partial charge in [0.25, 0.3) is 11.8 Å². The highest BCUT2D eigenvalue weighted by molar-refractivity contribution is 7.91. The number of aliphatic imine (C=N–C) groups is 1. The van der Waals surface area contributed by atoms with Crippen molar-refractivity contribution < 1.29 is 74.1 Å². The van der Waals surface area contributed by atoms with Gasteiger partial charge in [-0.3, -0.25) is 38.2 Å². The molecule has 2 aromatic heterocycles. The van der Waals surface area contributed by atoms with E-state index >= 15 is 0 Å². The van der Waals surface area contributed by atoms with E-state index in [-0.39, 0.29) is 69.1 Å². The van der Waals surface area contributed by atoms with Crippen molar-refractivity contribution in [1.82, 2.24) is 50.5 Å². The molecule has 104 heavy (non-hydrogen) atoms. The fraction of sp³-hybridized carbons (Fsp3) is 0.583. The molecule has 0 radical (unpaired) electrons. The fourth-order valence-electron chi connectivity index (χ4n) is 12.4. The van der Waals surface area contributed by atoms with Crippen LogP contribution in [0.15, 0.2) is 91.2 Å². The van der Waals surface area contributed by atoms with Crippen LogP contribution in [0.4, 0.5) is 4.79 Å². The number of urea groups is 1. The number of amides is 8. The van der Waals surface area contributed by atoms with Gasteiger partial charge >= 0.3 is 6.03 Å². The van der Waals surface area contributed by atoms with Crippen molar-refractivity contribution in [3.63, 3.8) is 0 Å². The van der Waals surface area contributed by atoms with Gasteiger partial charge in [0.1, 0.15) is 52.9 Å². The van der Waals surface area contributed by atoms with E-state index in [9.17, 15) is 55.2 Å². The number of hydrogen-bond donors (Lipinski definition) is 7. The first-order valence-corrected chi connectivity index (χ1v) is 37.4. The second kappa shape index (κ2) is 33.1. The largest absolute Gasteiger partial charge is 0.497 e. The molecule has 4 heterocycles. The Hall–Kier alpha value is -8.15. The summed E-state index contributed by atoms with van der Waals surface area (Å²) in [6, 6.07) is 9.90. The van der Waals surface area contributed by atoms with Crippen LogP contribution in [0.3, 0.4) is 0 Å². The standard InChI is InChI=1S/C36H50N6O8S.C31H41N5O7S.C5H9NO.2ClH/c1-9-22-19-36(22,32(45)41-51(47,48)25-11-10-12-25)39-29(43)27-18-24(50-30-26-14-13-23(49-8)17-21(26)15-16-37-30)20-42(27)31(44)28(34(2,3)4)38-33(46)40-35(5,6)7;1-6-19-16-31(19,29(39)35-44(40,41)22-8-7-9-22)34-26(37)24-15-21(17-36(24)28(38)25(32)30(2,3)4)43-27-23-11-10-20(42-5)14-18(23)12-13-33-27;1-5(2,3)6-4-7;;/h9,13-17,22,24-25,27-28H,1,10-12,18-20H2,2-8H3,(H,39,43)(H,41,45)(H2,38,40,46);6,10-14,19,21-22,24-25H,1,7-9,15-17,32H2,2-5H3,(H,34,37)(H,35,39);1-3H3;2*1H/t22-,24-,27+,28-,36-;19-,21-,24+,25-,31-;;;/m11.../s1. The van der Waals surface area contributed by atoms with Crippen molar-refractivity contribution >= 4 is 114 Å². The number of aromatic nitrogens is 2. The van der Waals surface area contributed by atoms with E-state index in [4.69, 9.17) is 24.7 Å². The third kappa shape index (κ3) is 20.1. The van der Waals surface area contributed by atoms with Crippen molar-refractivity contribution in [1.29, 1.82) is 0 Å². The summed E-state index contributed by atoms with van der Waals surface area (Å²) in [6.45, 7) is 29.5. The summed E-state index contributed by atoms with van der Waals surface area (Å²) in [4.78, 5) is 121. The number of likely N-dealkylation sites (tertiary alicyclic amines) is 2. The average Bonchev–Trinajstić information content (AvgIpc) is 1.58. The van der Waals surface area contributed by atoms with Gasteiger partial charge in [0, 0.05) is 53.4 Å². The topological polar surface area (TPSA) is 385 Å². The number of carbonyl (C=O) groups excluding carboxylic acids is 8. The smallest absolute Gasteiger partial charge is 0.315 e. The van der Waals surface area contributed by atoms with Crippen molar-refractivity contribution in [2.75, 3.05) is 27.3 Å². The van der Waals surface area contributed by atoms with Crippen LogP contribution in [0.5, 0.6) is 23.3 Å². The molecular formula is C72H102Cl2N12O16S2. The van der Waals surface area contributed by atoms with Gasteiger partial charge in [-0.1, -0.05) is 66.5 Å². The van der Waals surface area contributed by atoms with E-state index in [1.807, 2.05) is 98.7 Å². The van der Waals surface area contributed by atoms with Gasteiger partial charge in [0.2, 0.25) is 61.5 Å². The minimum absolute atomic E-state index is 0. The predicted molar refractivity (Wildman–Crippen MR) is 398 cm³/mol. The van der Waals surface area contributed by atoms with Gasteiger partial charge in [-0.25, -0.2) is 41.4 Å². The molecule has 10 atom stereocenters. The first-order chi connectivity index (χ1) is 47.5. The SMILES string of the molecule is C=C[C@@H]1C[C@]1(NC(=O)[C@@H]1C[C@@H](Oc2nccc3cc(OC)ccc23)CN1C(=O)[C@@H](N)C(C)(C)C)C(=O)NS(=O)(=O)C1CCC1.C=C[C@@H]1C[C@]1(NC(=O)[C@@H]1C[C@@H](Oc2nccc3cc(OC)ccc23)CN1C(=O)[C@@H](NC(=O)NC(C)(C)C)C(C)(C)C)C(=O)NS(=O)(=O)C1CCC1.CC(C)(C)N=C=O.Cl.Cl.